The van der Waals surface area contributed by atoms with Gasteiger partial charge in [0.1, 0.15) is 5.56 Å². The number of nitrogens with zero attached hydrogens (tertiary/aromatic N) is 4. The topological polar surface area (TPSA) is 59.7 Å². The van der Waals surface area contributed by atoms with Crippen molar-refractivity contribution in [1.29, 1.82) is 0 Å². The van der Waals surface area contributed by atoms with Gasteiger partial charge in [-0.1, -0.05) is 28.1 Å². The highest BCUT2D eigenvalue weighted by molar-refractivity contribution is 9.10. The minimum atomic E-state index is -0.413. The van der Waals surface area contributed by atoms with E-state index in [1.807, 2.05) is 62.5 Å². The molecule has 0 aliphatic heterocycles. The number of aromatic nitrogens is 3. The van der Waals surface area contributed by atoms with Crippen molar-refractivity contribution in [2.75, 3.05) is 20.7 Å². The Balaban J connectivity index is 2.25. The quantitative estimate of drug-likeness (QED) is 0.570. The molecule has 0 fully saturated rings. The summed E-state index contributed by atoms with van der Waals surface area (Å²) in [4.78, 5) is 18.8. The largest absolute Gasteiger partial charge is 0.462 e. The summed E-state index contributed by atoms with van der Waals surface area (Å²) in [6.45, 7) is 4.02. The van der Waals surface area contributed by atoms with Gasteiger partial charge in [0.2, 0.25) is 0 Å². The summed E-state index contributed by atoms with van der Waals surface area (Å²) in [5.74, 6) is -0.413. The number of halogens is 1. The van der Waals surface area contributed by atoms with E-state index in [1.54, 1.807) is 17.6 Å². The molecule has 0 amide bonds. The van der Waals surface area contributed by atoms with Gasteiger partial charge in [0, 0.05) is 36.5 Å². The second kappa shape index (κ2) is 7.92. The number of benzene rings is 1. The van der Waals surface area contributed by atoms with Crippen LogP contribution in [0.1, 0.15) is 28.7 Å². The molecule has 140 valence electrons. The highest BCUT2D eigenvalue weighted by Gasteiger charge is 2.20. The second-order valence-electron chi connectivity index (χ2n) is 6.26. The Morgan fingerprint density at radius 1 is 1.30 bits per heavy atom. The standard InChI is InChI=1S/C20H21BrN4O2/c1-5-27-20(26)16-12-22-19-18(14-6-8-15(21)9-7-14)13(2)23-25(19)17(16)10-11-24(3)4/h6-12H,5H2,1-4H3/b11-10+. The number of ether oxygens (including phenoxy) is 1. The molecule has 0 saturated heterocycles. The zero-order valence-electron chi connectivity index (χ0n) is 15.7. The first-order valence-corrected chi connectivity index (χ1v) is 9.37. The van der Waals surface area contributed by atoms with Crippen LogP contribution in [0.15, 0.2) is 41.1 Å². The summed E-state index contributed by atoms with van der Waals surface area (Å²) in [5, 5.41) is 4.66. The molecule has 0 N–H and O–H groups in total. The van der Waals surface area contributed by atoms with Crippen LogP contribution in [0.4, 0.5) is 0 Å². The van der Waals surface area contributed by atoms with Crippen LogP contribution in [0.25, 0.3) is 22.9 Å². The monoisotopic (exact) mass is 428 g/mol. The van der Waals surface area contributed by atoms with Gasteiger partial charge in [0.05, 0.1) is 18.0 Å². The van der Waals surface area contributed by atoms with Crippen LogP contribution in [0, 0.1) is 6.92 Å². The molecule has 0 aliphatic rings. The van der Waals surface area contributed by atoms with Crippen LogP contribution < -0.4 is 0 Å². The van der Waals surface area contributed by atoms with E-state index in [2.05, 4.69) is 26.0 Å². The van der Waals surface area contributed by atoms with E-state index in [0.717, 1.165) is 21.3 Å². The van der Waals surface area contributed by atoms with Crippen molar-refractivity contribution in [2.24, 2.45) is 0 Å². The number of carbonyl (C=O) groups excluding carboxylic acids is 1. The van der Waals surface area contributed by atoms with Crippen molar-refractivity contribution in [3.63, 3.8) is 0 Å². The van der Waals surface area contributed by atoms with Gasteiger partial charge in [-0.15, -0.1) is 0 Å². The maximum Gasteiger partial charge on any atom is 0.341 e. The number of carbonyl (C=O) groups is 1. The molecular weight excluding hydrogens is 408 g/mol. The Morgan fingerprint density at radius 2 is 2.00 bits per heavy atom. The predicted octanol–water partition coefficient (Wildman–Crippen LogP) is 4.18. The number of hydrogen-bond acceptors (Lipinski definition) is 5. The van der Waals surface area contributed by atoms with E-state index in [9.17, 15) is 4.79 Å². The van der Waals surface area contributed by atoms with Gasteiger partial charge >= 0.3 is 5.97 Å². The zero-order chi connectivity index (χ0) is 19.6. The summed E-state index contributed by atoms with van der Waals surface area (Å²) < 4.78 is 7.90. The summed E-state index contributed by atoms with van der Waals surface area (Å²) in [6.07, 6.45) is 5.28. The van der Waals surface area contributed by atoms with Crippen LogP contribution in [0.3, 0.4) is 0 Å². The predicted molar refractivity (Wildman–Crippen MR) is 110 cm³/mol. The lowest BCUT2D eigenvalue weighted by atomic mass is 10.1. The maximum absolute atomic E-state index is 12.4. The second-order valence-corrected chi connectivity index (χ2v) is 7.18. The summed E-state index contributed by atoms with van der Waals surface area (Å²) >= 11 is 3.46. The van der Waals surface area contributed by atoms with Crippen molar-refractivity contribution in [1.82, 2.24) is 19.5 Å². The first-order valence-electron chi connectivity index (χ1n) is 8.58. The minimum Gasteiger partial charge on any atom is -0.462 e. The molecule has 2 aromatic heterocycles. The zero-order valence-corrected chi connectivity index (χ0v) is 17.3. The Kier molecular flexibility index (Phi) is 5.60. The normalized spacial score (nSPS) is 11.3. The van der Waals surface area contributed by atoms with Crippen LogP contribution in [0.5, 0.6) is 0 Å². The molecule has 0 radical (unpaired) electrons. The third-order valence-electron chi connectivity index (χ3n) is 4.01. The summed E-state index contributed by atoms with van der Waals surface area (Å²) in [7, 11) is 3.83. The Hall–Kier alpha value is -2.67. The Labute approximate surface area is 166 Å². The molecule has 3 aromatic rings. The minimum absolute atomic E-state index is 0.302. The van der Waals surface area contributed by atoms with Crippen molar-refractivity contribution < 1.29 is 9.53 Å². The average molecular weight is 429 g/mol. The van der Waals surface area contributed by atoms with E-state index < -0.39 is 5.97 Å². The molecule has 27 heavy (non-hydrogen) atoms. The molecule has 1 aromatic carbocycles. The van der Waals surface area contributed by atoms with Gasteiger partial charge in [-0.05, 0) is 37.6 Å². The van der Waals surface area contributed by atoms with Crippen molar-refractivity contribution in [2.45, 2.75) is 13.8 Å². The van der Waals surface area contributed by atoms with Gasteiger partial charge in [0.15, 0.2) is 5.65 Å². The molecule has 2 heterocycles. The molecule has 7 heteroatoms. The molecule has 0 aliphatic carbocycles. The van der Waals surface area contributed by atoms with Gasteiger partial charge < -0.3 is 9.64 Å². The van der Waals surface area contributed by atoms with Gasteiger partial charge in [0.25, 0.3) is 0 Å². The fraction of sp³-hybridized carbons (Fsp3) is 0.250. The molecule has 0 atom stereocenters. The first kappa shape index (κ1) is 19.1. The lowest BCUT2D eigenvalue weighted by Crippen LogP contribution is -2.12. The average Bonchev–Trinajstić information content (AvgIpc) is 2.96. The van der Waals surface area contributed by atoms with Crippen molar-refractivity contribution >= 4 is 33.6 Å². The summed E-state index contributed by atoms with van der Waals surface area (Å²) in [5.41, 5.74) is 4.51. The number of hydrogen-bond donors (Lipinski definition) is 0. The molecule has 0 bridgehead atoms. The first-order chi connectivity index (χ1) is 12.9. The third-order valence-corrected chi connectivity index (χ3v) is 4.54. The number of esters is 1. The van der Waals surface area contributed by atoms with E-state index >= 15 is 0 Å². The van der Waals surface area contributed by atoms with E-state index in [1.165, 1.54) is 0 Å². The number of fused-ring (bicyclic) bond motifs is 1. The van der Waals surface area contributed by atoms with Crippen molar-refractivity contribution in [3.05, 3.63) is 58.1 Å². The lowest BCUT2D eigenvalue weighted by Gasteiger charge is -2.09. The molecule has 6 nitrogen and oxygen atoms in total. The highest BCUT2D eigenvalue weighted by Crippen LogP contribution is 2.29. The Bertz CT molecular complexity index is 1010. The van der Waals surface area contributed by atoms with Crippen LogP contribution in [-0.4, -0.2) is 46.2 Å². The number of aryl methyl sites for hydroxylation is 1. The molecular formula is C20H21BrN4O2. The summed E-state index contributed by atoms with van der Waals surface area (Å²) in [6, 6.07) is 8.00. The van der Waals surface area contributed by atoms with Gasteiger partial charge in [-0.25, -0.2) is 14.3 Å². The molecule has 0 saturated carbocycles. The lowest BCUT2D eigenvalue weighted by molar-refractivity contribution is 0.0525. The Morgan fingerprint density at radius 3 is 2.63 bits per heavy atom. The van der Waals surface area contributed by atoms with E-state index in [4.69, 9.17) is 4.74 Å². The highest BCUT2D eigenvalue weighted by atomic mass is 79.9. The van der Waals surface area contributed by atoms with Crippen molar-refractivity contribution in [3.8, 4) is 11.1 Å². The molecule has 3 rings (SSSR count). The van der Waals surface area contributed by atoms with Crippen LogP contribution in [0.2, 0.25) is 0 Å². The maximum atomic E-state index is 12.4. The fourth-order valence-electron chi connectivity index (χ4n) is 2.81. The van der Waals surface area contributed by atoms with E-state index in [0.29, 0.717) is 23.5 Å². The van der Waals surface area contributed by atoms with Crippen LogP contribution in [-0.2, 0) is 4.74 Å². The molecule has 0 spiro atoms. The SMILES string of the molecule is CCOC(=O)c1cnc2c(-c3ccc(Br)cc3)c(C)nn2c1/C=C/N(C)C. The van der Waals surface area contributed by atoms with Crippen LogP contribution >= 0.6 is 15.9 Å². The smallest absolute Gasteiger partial charge is 0.341 e. The fourth-order valence-corrected chi connectivity index (χ4v) is 3.07. The number of rotatable bonds is 5. The van der Waals surface area contributed by atoms with Gasteiger partial charge in [-0.3, -0.25) is 0 Å². The van der Waals surface area contributed by atoms with E-state index in [-0.39, 0.29) is 0 Å². The molecule has 0 unspecified atom stereocenters. The third kappa shape index (κ3) is 3.88. The van der Waals surface area contributed by atoms with Gasteiger partial charge in [-0.2, -0.15) is 5.10 Å².